The third kappa shape index (κ3) is 10.4. The number of carbonyl (C=O) groups excluding carboxylic acids is 4. The average molecular weight is 569 g/mol. The Bertz CT molecular complexity index is 1190. The second-order valence-electron chi connectivity index (χ2n) is 11.2. The van der Waals surface area contributed by atoms with Crippen molar-refractivity contribution in [3.8, 4) is 5.75 Å². The van der Waals surface area contributed by atoms with Crippen molar-refractivity contribution >= 4 is 29.5 Å². The molecule has 0 spiro atoms. The second-order valence-corrected chi connectivity index (χ2v) is 11.2. The van der Waals surface area contributed by atoms with Gasteiger partial charge in [0.2, 0.25) is 11.8 Å². The maximum atomic E-state index is 14.2. The van der Waals surface area contributed by atoms with Gasteiger partial charge >= 0.3 is 6.09 Å². The lowest BCUT2D eigenvalue weighted by Gasteiger charge is -2.35. The number of aromatic hydroxyl groups is 1. The molecule has 0 saturated heterocycles. The van der Waals surface area contributed by atoms with Crippen LogP contribution in [-0.2, 0) is 19.1 Å². The highest BCUT2D eigenvalue weighted by molar-refractivity contribution is 6.00. The molecule has 0 aromatic heterocycles. The number of nitrogens with zero attached hydrogens (tertiary/aromatic N) is 1. The highest BCUT2D eigenvalue weighted by Crippen LogP contribution is 2.29. The molecule has 0 aliphatic carbocycles. The zero-order chi connectivity index (χ0) is 30.7. The van der Waals surface area contributed by atoms with Crippen molar-refractivity contribution in [2.75, 3.05) is 11.9 Å². The van der Waals surface area contributed by atoms with Gasteiger partial charge in [-0.15, -0.1) is 0 Å². The molecule has 5 N–H and O–H groups in total. The summed E-state index contributed by atoms with van der Waals surface area (Å²) in [5.74, 6) is -1.63. The van der Waals surface area contributed by atoms with Crippen molar-refractivity contribution in [2.24, 2.45) is 5.73 Å². The van der Waals surface area contributed by atoms with Crippen molar-refractivity contribution < 1.29 is 29.0 Å². The monoisotopic (exact) mass is 568 g/mol. The van der Waals surface area contributed by atoms with E-state index in [-0.39, 0.29) is 25.1 Å². The Morgan fingerprint density at radius 1 is 1.00 bits per heavy atom. The van der Waals surface area contributed by atoms with Gasteiger partial charge in [-0.05, 0) is 76.3 Å². The number of rotatable bonds is 13. The smallest absolute Gasteiger partial charge is 0.408 e. The number of para-hydroxylation sites is 1. The summed E-state index contributed by atoms with van der Waals surface area (Å²) in [5.41, 5.74) is 7.39. The first-order chi connectivity index (χ1) is 19.2. The summed E-state index contributed by atoms with van der Waals surface area (Å²) in [7, 11) is 0. The van der Waals surface area contributed by atoms with Gasteiger partial charge in [0.25, 0.3) is 5.91 Å². The van der Waals surface area contributed by atoms with Crippen molar-refractivity contribution in [3.63, 3.8) is 0 Å². The van der Waals surface area contributed by atoms with E-state index in [1.165, 1.54) is 17.0 Å². The van der Waals surface area contributed by atoms with Crippen LogP contribution < -0.4 is 16.4 Å². The third-order valence-electron chi connectivity index (χ3n) is 6.45. The van der Waals surface area contributed by atoms with E-state index in [0.717, 1.165) is 24.0 Å². The fourth-order valence-corrected chi connectivity index (χ4v) is 4.43. The molecule has 224 valence electrons. The number of carbonyl (C=O) groups is 4. The lowest BCUT2D eigenvalue weighted by atomic mass is 10.00. The van der Waals surface area contributed by atoms with Crippen LogP contribution in [0, 0.1) is 13.8 Å². The van der Waals surface area contributed by atoms with E-state index in [1.807, 2.05) is 39.0 Å². The van der Waals surface area contributed by atoms with Gasteiger partial charge in [-0.1, -0.05) is 50.1 Å². The number of amides is 4. The van der Waals surface area contributed by atoms with E-state index >= 15 is 0 Å². The van der Waals surface area contributed by atoms with Crippen molar-refractivity contribution in [2.45, 2.75) is 91.3 Å². The molecule has 0 heterocycles. The molecular weight excluding hydrogens is 524 g/mol. The minimum Gasteiger partial charge on any atom is -0.508 e. The van der Waals surface area contributed by atoms with E-state index in [0.29, 0.717) is 17.7 Å². The Balaban J connectivity index is 2.58. The van der Waals surface area contributed by atoms with Crippen LogP contribution in [0.1, 0.15) is 82.5 Å². The highest BCUT2D eigenvalue weighted by Gasteiger charge is 2.36. The van der Waals surface area contributed by atoms with Gasteiger partial charge < -0.3 is 31.1 Å². The molecule has 0 saturated carbocycles. The van der Waals surface area contributed by atoms with E-state index in [1.54, 1.807) is 32.9 Å². The number of hydrogen-bond acceptors (Lipinski definition) is 6. The quantitative estimate of drug-likeness (QED) is 0.253. The summed E-state index contributed by atoms with van der Waals surface area (Å²) in [6.45, 7) is 11.1. The minimum atomic E-state index is -1.17. The number of nitrogens with two attached hydrogens (primary N) is 1. The Hall–Kier alpha value is -4.08. The van der Waals surface area contributed by atoms with Crippen LogP contribution in [0.15, 0.2) is 42.5 Å². The molecule has 2 aromatic carbocycles. The average Bonchev–Trinajstić information content (AvgIpc) is 2.87. The number of nitrogens with one attached hydrogen (secondary N) is 2. The van der Waals surface area contributed by atoms with E-state index in [9.17, 15) is 24.3 Å². The van der Waals surface area contributed by atoms with Gasteiger partial charge in [-0.25, -0.2) is 4.79 Å². The van der Waals surface area contributed by atoms with Crippen LogP contribution in [-0.4, -0.2) is 52.0 Å². The normalized spacial score (nSPS) is 12.6. The van der Waals surface area contributed by atoms with Gasteiger partial charge in [0.05, 0.1) is 0 Å². The fraction of sp³-hybridized carbons (Fsp3) is 0.484. The largest absolute Gasteiger partial charge is 0.508 e. The maximum Gasteiger partial charge on any atom is 0.408 e. The number of ether oxygens (including phenoxy) is 1. The van der Waals surface area contributed by atoms with Gasteiger partial charge in [0.15, 0.2) is 0 Å². The number of benzene rings is 2. The van der Waals surface area contributed by atoms with Crippen LogP contribution in [0.5, 0.6) is 5.75 Å². The third-order valence-corrected chi connectivity index (χ3v) is 6.45. The summed E-state index contributed by atoms with van der Waals surface area (Å²) in [5, 5.41) is 15.5. The van der Waals surface area contributed by atoms with E-state index < -0.39 is 41.5 Å². The Morgan fingerprint density at radius 2 is 1.61 bits per heavy atom. The molecule has 2 aromatic rings. The van der Waals surface area contributed by atoms with Gasteiger partial charge in [-0.3, -0.25) is 14.4 Å². The molecule has 10 nitrogen and oxygen atoms in total. The highest BCUT2D eigenvalue weighted by atomic mass is 16.6. The number of anilines is 1. The van der Waals surface area contributed by atoms with Crippen LogP contribution in [0.2, 0.25) is 0 Å². The summed E-state index contributed by atoms with van der Waals surface area (Å²) < 4.78 is 5.37. The van der Waals surface area contributed by atoms with Crippen LogP contribution in [0.3, 0.4) is 0 Å². The molecule has 2 rings (SSSR count). The lowest BCUT2D eigenvalue weighted by Crippen LogP contribution is -2.52. The van der Waals surface area contributed by atoms with E-state index in [4.69, 9.17) is 10.5 Å². The minimum absolute atomic E-state index is 0.0115. The topological polar surface area (TPSA) is 151 Å². The maximum absolute atomic E-state index is 14.2. The Kier molecular flexibility index (Phi) is 12.2. The summed E-state index contributed by atoms with van der Waals surface area (Å²) in [6, 6.07) is 9.46. The number of aryl methyl sites for hydroxylation is 2. The van der Waals surface area contributed by atoms with Gasteiger partial charge in [0, 0.05) is 18.7 Å². The molecule has 0 bridgehead atoms. The van der Waals surface area contributed by atoms with Crippen molar-refractivity contribution in [3.05, 3.63) is 59.2 Å². The molecule has 0 fully saturated rings. The molecule has 2 atom stereocenters. The second kappa shape index (κ2) is 15.1. The standard InChI is InChI=1S/C31H44N4O6/c1-7-8-9-19-35(29(39)24(17-18-25(32)37)33-30(40)41-31(4,5)6)27(22-13-15-23(36)16-14-22)28(38)34-26-20(2)11-10-12-21(26)3/h10-16,24,27,36H,7-9,17-19H2,1-6H3,(H2,32,37)(H,33,40)(H,34,38). The summed E-state index contributed by atoms with van der Waals surface area (Å²) in [4.78, 5) is 54.0. The number of alkyl carbamates (subject to hydrolysis) is 1. The molecule has 0 aliphatic heterocycles. The molecule has 4 amide bonds. The first-order valence-electron chi connectivity index (χ1n) is 14.0. The SMILES string of the molecule is CCCCCN(C(=O)C(CCC(N)=O)NC(=O)OC(C)(C)C)C(C(=O)Nc1c(C)cccc1C)c1ccc(O)cc1. The van der Waals surface area contributed by atoms with Crippen LogP contribution in [0.4, 0.5) is 10.5 Å². The lowest BCUT2D eigenvalue weighted by molar-refractivity contribution is -0.141. The molecule has 0 radical (unpaired) electrons. The van der Waals surface area contributed by atoms with Gasteiger partial charge in [0.1, 0.15) is 23.4 Å². The van der Waals surface area contributed by atoms with Crippen LogP contribution >= 0.6 is 0 Å². The first-order valence-corrected chi connectivity index (χ1v) is 14.0. The molecule has 10 heteroatoms. The molecule has 0 aliphatic rings. The zero-order valence-corrected chi connectivity index (χ0v) is 25.0. The van der Waals surface area contributed by atoms with Gasteiger partial charge in [-0.2, -0.15) is 0 Å². The predicted molar refractivity (Wildman–Crippen MR) is 158 cm³/mol. The fourth-order valence-electron chi connectivity index (χ4n) is 4.43. The Labute approximate surface area is 242 Å². The van der Waals surface area contributed by atoms with Crippen LogP contribution in [0.25, 0.3) is 0 Å². The zero-order valence-electron chi connectivity index (χ0n) is 25.0. The number of primary amides is 1. The number of hydrogen-bond donors (Lipinski definition) is 4. The molecular formula is C31H44N4O6. The summed E-state index contributed by atoms with van der Waals surface area (Å²) >= 11 is 0. The van der Waals surface area contributed by atoms with E-state index in [2.05, 4.69) is 10.6 Å². The summed E-state index contributed by atoms with van der Waals surface area (Å²) in [6.07, 6.45) is 1.22. The number of phenolic OH excluding ortho intramolecular Hbond substituents is 1. The first kappa shape index (κ1) is 33.1. The Morgan fingerprint density at radius 3 is 2.15 bits per heavy atom. The number of phenols is 1. The molecule has 41 heavy (non-hydrogen) atoms. The number of unbranched alkanes of at least 4 members (excludes halogenated alkanes) is 2. The predicted octanol–water partition coefficient (Wildman–Crippen LogP) is 4.87. The van der Waals surface area contributed by atoms with Crippen molar-refractivity contribution in [1.29, 1.82) is 0 Å². The molecule has 2 unspecified atom stereocenters. The van der Waals surface area contributed by atoms with Crippen molar-refractivity contribution in [1.82, 2.24) is 10.2 Å².